The first kappa shape index (κ1) is 10.5. The summed E-state index contributed by atoms with van der Waals surface area (Å²) in [5, 5.41) is 3.68. The fraction of sp³-hybridized carbons (Fsp3) is 0.182. The molecule has 0 aliphatic rings. The third-order valence-electron chi connectivity index (χ3n) is 1.90. The Morgan fingerprint density at radius 2 is 2.07 bits per heavy atom. The highest BCUT2D eigenvalue weighted by molar-refractivity contribution is 7.80. The van der Waals surface area contributed by atoms with Crippen LogP contribution in [0.25, 0.3) is 10.6 Å². The molecule has 0 aliphatic carbocycles. The Hall–Kier alpha value is -1.00. The van der Waals surface area contributed by atoms with E-state index in [0.29, 0.717) is 6.61 Å². The predicted molar refractivity (Wildman–Crippen MR) is 66.0 cm³/mol. The molecular weight excluding hydrogens is 226 g/mol. The summed E-state index contributed by atoms with van der Waals surface area (Å²) in [6, 6.07) is 7.94. The highest BCUT2D eigenvalue weighted by Gasteiger charge is 2.02. The average Bonchev–Trinajstić information content (AvgIpc) is 2.67. The van der Waals surface area contributed by atoms with Gasteiger partial charge in [-0.05, 0) is 31.2 Å². The predicted octanol–water partition coefficient (Wildman–Crippen LogP) is 3.50. The summed E-state index contributed by atoms with van der Waals surface area (Å²) < 4.78 is 5.37. The van der Waals surface area contributed by atoms with E-state index >= 15 is 0 Å². The van der Waals surface area contributed by atoms with Gasteiger partial charge >= 0.3 is 0 Å². The fourth-order valence-electron chi connectivity index (χ4n) is 1.26. The molecule has 1 aromatic carbocycles. The van der Waals surface area contributed by atoms with Crippen LogP contribution in [0, 0.1) is 0 Å². The molecule has 0 unspecified atom stereocenters. The molecule has 1 heterocycles. The SMILES string of the molecule is CCOc1ccc(-c2nc(S)cs2)cc1. The fourth-order valence-corrected chi connectivity index (χ4v) is 2.28. The molecule has 0 bridgehead atoms. The maximum atomic E-state index is 5.37. The Balaban J connectivity index is 2.23. The van der Waals surface area contributed by atoms with Gasteiger partial charge in [-0.25, -0.2) is 4.98 Å². The summed E-state index contributed by atoms with van der Waals surface area (Å²) in [6.45, 7) is 2.67. The summed E-state index contributed by atoms with van der Waals surface area (Å²) in [4.78, 5) is 4.30. The average molecular weight is 237 g/mol. The molecule has 0 saturated carbocycles. The molecule has 15 heavy (non-hydrogen) atoms. The van der Waals surface area contributed by atoms with Gasteiger partial charge in [-0.15, -0.1) is 24.0 Å². The molecule has 0 saturated heterocycles. The molecule has 4 heteroatoms. The van der Waals surface area contributed by atoms with Gasteiger partial charge in [0.05, 0.1) is 6.61 Å². The van der Waals surface area contributed by atoms with Crippen LogP contribution in [0.4, 0.5) is 0 Å². The lowest BCUT2D eigenvalue weighted by Crippen LogP contribution is -1.90. The van der Waals surface area contributed by atoms with E-state index in [0.717, 1.165) is 21.3 Å². The van der Waals surface area contributed by atoms with E-state index in [4.69, 9.17) is 4.74 Å². The second kappa shape index (κ2) is 4.68. The minimum atomic E-state index is 0.692. The molecule has 2 aromatic rings. The van der Waals surface area contributed by atoms with Crippen molar-refractivity contribution in [1.82, 2.24) is 4.98 Å². The monoisotopic (exact) mass is 237 g/mol. The Morgan fingerprint density at radius 1 is 1.33 bits per heavy atom. The van der Waals surface area contributed by atoms with Crippen molar-refractivity contribution in [3.05, 3.63) is 29.6 Å². The molecule has 0 radical (unpaired) electrons. The van der Waals surface area contributed by atoms with Crippen molar-refractivity contribution in [3.63, 3.8) is 0 Å². The van der Waals surface area contributed by atoms with E-state index in [-0.39, 0.29) is 0 Å². The zero-order valence-electron chi connectivity index (χ0n) is 8.30. The van der Waals surface area contributed by atoms with Crippen LogP contribution in [0.5, 0.6) is 5.75 Å². The van der Waals surface area contributed by atoms with Gasteiger partial charge in [-0.1, -0.05) is 0 Å². The van der Waals surface area contributed by atoms with Crippen molar-refractivity contribution in [2.24, 2.45) is 0 Å². The normalized spacial score (nSPS) is 10.3. The summed E-state index contributed by atoms with van der Waals surface area (Å²) in [6.07, 6.45) is 0. The Bertz CT molecular complexity index is 436. The second-order valence-corrected chi connectivity index (χ2v) is 4.28. The van der Waals surface area contributed by atoms with Crippen LogP contribution in [0.1, 0.15) is 6.92 Å². The Labute approximate surface area is 98.3 Å². The second-order valence-electron chi connectivity index (χ2n) is 2.97. The number of rotatable bonds is 3. The highest BCUT2D eigenvalue weighted by atomic mass is 32.1. The summed E-state index contributed by atoms with van der Waals surface area (Å²) in [7, 11) is 0. The van der Waals surface area contributed by atoms with Gasteiger partial charge in [0.1, 0.15) is 15.8 Å². The van der Waals surface area contributed by atoms with Gasteiger partial charge in [0, 0.05) is 10.9 Å². The van der Waals surface area contributed by atoms with Crippen molar-refractivity contribution in [2.45, 2.75) is 11.9 Å². The van der Waals surface area contributed by atoms with Gasteiger partial charge in [-0.3, -0.25) is 0 Å². The summed E-state index contributed by atoms with van der Waals surface area (Å²) in [5.41, 5.74) is 1.10. The van der Waals surface area contributed by atoms with E-state index in [1.165, 1.54) is 0 Å². The molecule has 2 rings (SSSR count). The van der Waals surface area contributed by atoms with E-state index in [1.54, 1.807) is 11.3 Å². The lowest BCUT2D eigenvalue weighted by atomic mass is 10.2. The largest absolute Gasteiger partial charge is 0.494 e. The molecule has 0 aliphatic heterocycles. The third-order valence-corrected chi connectivity index (χ3v) is 3.20. The maximum Gasteiger partial charge on any atom is 0.124 e. The smallest absolute Gasteiger partial charge is 0.124 e. The first-order chi connectivity index (χ1) is 7.29. The van der Waals surface area contributed by atoms with Crippen LogP contribution in [-0.4, -0.2) is 11.6 Å². The van der Waals surface area contributed by atoms with Crippen LogP contribution in [-0.2, 0) is 0 Å². The van der Waals surface area contributed by atoms with Crippen molar-refractivity contribution < 1.29 is 4.74 Å². The number of benzene rings is 1. The quantitative estimate of drug-likeness (QED) is 0.825. The lowest BCUT2D eigenvalue weighted by molar-refractivity contribution is 0.340. The molecule has 78 valence electrons. The van der Waals surface area contributed by atoms with Crippen LogP contribution >= 0.6 is 24.0 Å². The number of nitrogens with zero attached hydrogens (tertiary/aromatic N) is 1. The molecule has 2 nitrogen and oxygen atoms in total. The number of thiol groups is 1. The minimum Gasteiger partial charge on any atom is -0.494 e. The lowest BCUT2D eigenvalue weighted by Gasteiger charge is -2.02. The van der Waals surface area contributed by atoms with Crippen molar-refractivity contribution >= 4 is 24.0 Å². The van der Waals surface area contributed by atoms with E-state index in [9.17, 15) is 0 Å². The summed E-state index contributed by atoms with van der Waals surface area (Å²) in [5.74, 6) is 0.893. The molecule has 0 amide bonds. The van der Waals surface area contributed by atoms with Gasteiger partial charge in [0.25, 0.3) is 0 Å². The van der Waals surface area contributed by atoms with Gasteiger partial charge < -0.3 is 4.74 Å². The molecule has 1 aromatic heterocycles. The Kier molecular flexibility index (Phi) is 3.28. The van der Waals surface area contributed by atoms with Gasteiger partial charge in [0.2, 0.25) is 0 Å². The third kappa shape index (κ3) is 2.52. The van der Waals surface area contributed by atoms with Crippen molar-refractivity contribution in [3.8, 4) is 16.3 Å². The number of thiazole rings is 1. The number of ether oxygens (including phenoxy) is 1. The first-order valence-electron chi connectivity index (χ1n) is 4.67. The highest BCUT2D eigenvalue weighted by Crippen LogP contribution is 2.26. The number of hydrogen-bond donors (Lipinski definition) is 1. The van der Waals surface area contributed by atoms with E-state index in [1.807, 2.05) is 36.6 Å². The van der Waals surface area contributed by atoms with Gasteiger partial charge in [-0.2, -0.15) is 0 Å². The van der Waals surface area contributed by atoms with E-state index in [2.05, 4.69) is 17.6 Å². The van der Waals surface area contributed by atoms with E-state index < -0.39 is 0 Å². The topological polar surface area (TPSA) is 22.1 Å². The first-order valence-corrected chi connectivity index (χ1v) is 6.00. The van der Waals surface area contributed by atoms with Gasteiger partial charge in [0.15, 0.2) is 0 Å². The van der Waals surface area contributed by atoms with Crippen LogP contribution in [0.2, 0.25) is 0 Å². The number of hydrogen-bond acceptors (Lipinski definition) is 4. The summed E-state index contributed by atoms with van der Waals surface area (Å²) >= 11 is 5.78. The minimum absolute atomic E-state index is 0.692. The molecule has 0 spiro atoms. The molecule has 0 N–H and O–H groups in total. The molecular formula is C11H11NOS2. The van der Waals surface area contributed by atoms with Crippen molar-refractivity contribution in [1.29, 1.82) is 0 Å². The number of aromatic nitrogens is 1. The maximum absolute atomic E-state index is 5.37. The Morgan fingerprint density at radius 3 is 2.60 bits per heavy atom. The molecule has 0 fully saturated rings. The van der Waals surface area contributed by atoms with Crippen LogP contribution < -0.4 is 4.74 Å². The van der Waals surface area contributed by atoms with Crippen LogP contribution in [0.3, 0.4) is 0 Å². The van der Waals surface area contributed by atoms with Crippen molar-refractivity contribution in [2.75, 3.05) is 6.61 Å². The molecule has 0 atom stereocenters. The standard InChI is InChI=1S/C11H11NOS2/c1-2-13-9-5-3-8(4-6-9)11-12-10(14)7-15-11/h3-7,14H,2H2,1H3. The zero-order chi connectivity index (χ0) is 10.7. The van der Waals surface area contributed by atoms with Crippen LogP contribution in [0.15, 0.2) is 34.7 Å². The zero-order valence-corrected chi connectivity index (χ0v) is 10.0.